The second-order valence-electron chi connectivity index (χ2n) is 6.93. The van der Waals surface area contributed by atoms with Gasteiger partial charge in [-0.05, 0) is 17.2 Å². The molecule has 150 valence electrons. The molecule has 0 aliphatic carbocycles. The lowest BCUT2D eigenvalue weighted by atomic mass is 9.98. The monoisotopic (exact) mass is 416 g/mol. The molecule has 0 saturated heterocycles. The fraction of sp³-hybridized carbons (Fsp3) is 0.120. The van der Waals surface area contributed by atoms with E-state index in [1.165, 1.54) is 7.11 Å². The Morgan fingerprint density at radius 2 is 1.50 bits per heavy atom. The summed E-state index contributed by atoms with van der Waals surface area (Å²) in [4.78, 5) is 20.0. The van der Waals surface area contributed by atoms with E-state index in [0.717, 1.165) is 11.1 Å². The van der Waals surface area contributed by atoms with Crippen molar-refractivity contribution in [3.8, 4) is 0 Å². The molecule has 0 saturated carbocycles. The van der Waals surface area contributed by atoms with E-state index in [1.54, 1.807) is 4.90 Å². The molecule has 1 heterocycles. The van der Waals surface area contributed by atoms with Gasteiger partial charge < -0.3 is 9.64 Å². The van der Waals surface area contributed by atoms with E-state index >= 15 is 0 Å². The molecule has 30 heavy (non-hydrogen) atoms. The summed E-state index contributed by atoms with van der Waals surface area (Å²) in [6.45, 7) is 0.349. The van der Waals surface area contributed by atoms with E-state index in [-0.39, 0.29) is 11.1 Å². The number of ether oxygens (including phenoxy) is 1. The average Bonchev–Trinajstić information content (AvgIpc) is 2.80. The van der Waals surface area contributed by atoms with Crippen LogP contribution in [-0.4, -0.2) is 23.1 Å². The highest BCUT2D eigenvalue weighted by atomic mass is 35.5. The quantitative estimate of drug-likeness (QED) is 0.573. The lowest BCUT2D eigenvalue weighted by Crippen LogP contribution is -2.51. The molecule has 0 bridgehead atoms. The van der Waals surface area contributed by atoms with Crippen LogP contribution in [0.3, 0.4) is 0 Å². The van der Waals surface area contributed by atoms with E-state index in [1.807, 2.05) is 97.1 Å². The molecule has 0 N–H and O–H groups in total. The normalized spacial score (nSPS) is 20.3. The largest absolute Gasteiger partial charge is 0.346 e. The Balaban J connectivity index is 1.87. The van der Waals surface area contributed by atoms with Gasteiger partial charge in [-0.2, -0.15) is 0 Å². The number of aliphatic imine (C=N–C) groups is 1. The first kappa shape index (κ1) is 20.1. The number of methoxy groups -OCH3 is 1. The van der Waals surface area contributed by atoms with Crippen LogP contribution in [0, 0.1) is 0 Å². The minimum atomic E-state index is -1.53. The molecule has 1 amide bonds. The smallest absolute Gasteiger partial charge is 0.287 e. The number of carbonyl (C=O) groups excluding carboxylic acids is 1. The zero-order chi connectivity index (χ0) is 21.0. The van der Waals surface area contributed by atoms with Gasteiger partial charge in [-0.15, -0.1) is 0 Å². The number of carbonyl (C=O) groups is 1. The molecule has 5 heteroatoms. The van der Waals surface area contributed by atoms with Gasteiger partial charge in [0.1, 0.15) is 0 Å². The van der Waals surface area contributed by atoms with Gasteiger partial charge in [0, 0.05) is 12.7 Å². The van der Waals surface area contributed by atoms with Gasteiger partial charge in [0.15, 0.2) is 5.17 Å². The minimum Gasteiger partial charge on any atom is -0.346 e. The zero-order valence-corrected chi connectivity index (χ0v) is 17.3. The van der Waals surface area contributed by atoms with Gasteiger partial charge in [0.05, 0.1) is 12.2 Å². The molecule has 3 aromatic rings. The van der Waals surface area contributed by atoms with Crippen LogP contribution in [0.5, 0.6) is 0 Å². The van der Waals surface area contributed by atoms with Crippen LogP contribution in [0.25, 0.3) is 6.08 Å². The van der Waals surface area contributed by atoms with Crippen LogP contribution in [-0.2, 0) is 21.8 Å². The van der Waals surface area contributed by atoms with Crippen LogP contribution < -0.4 is 0 Å². The summed E-state index contributed by atoms with van der Waals surface area (Å²) < 4.78 is 5.72. The Kier molecular flexibility index (Phi) is 5.79. The van der Waals surface area contributed by atoms with Crippen molar-refractivity contribution in [3.63, 3.8) is 0 Å². The van der Waals surface area contributed by atoms with Crippen molar-refractivity contribution in [2.24, 2.45) is 4.99 Å². The van der Waals surface area contributed by atoms with E-state index in [0.29, 0.717) is 17.8 Å². The van der Waals surface area contributed by atoms with Gasteiger partial charge in [-0.3, -0.25) is 4.79 Å². The number of benzene rings is 3. The van der Waals surface area contributed by atoms with Crippen LogP contribution >= 0.6 is 11.6 Å². The lowest BCUT2D eigenvalue weighted by Gasteiger charge is -2.38. The van der Waals surface area contributed by atoms with Gasteiger partial charge in [0.2, 0.25) is 0 Å². The molecular formula is C25H21ClN2O2. The van der Waals surface area contributed by atoms with Gasteiger partial charge in [-0.25, -0.2) is 4.99 Å². The Morgan fingerprint density at radius 1 is 0.933 bits per heavy atom. The molecule has 0 aromatic heterocycles. The van der Waals surface area contributed by atoms with E-state index in [2.05, 4.69) is 4.99 Å². The third kappa shape index (κ3) is 3.80. The van der Waals surface area contributed by atoms with Crippen molar-refractivity contribution in [1.29, 1.82) is 0 Å². The number of rotatable bonds is 5. The summed E-state index contributed by atoms with van der Waals surface area (Å²) in [6.07, 6.45) is 1.87. The van der Waals surface area contributed by atoms with Gasteiger partial charge >= 0.3 is 0 Å². The number of amides is 1. The molecular weight excluding hydrogens is 396 g/mol. The standard InChI is InChI=1S/C25H21ClN2O2/c1-30-25(21-15-9-4-10-16-21)24(29)28(18-20-13-7-3-8-14-20)22(23(26)27-25)17-19-11-5-2-6-12-19/h2-17H,18H2,1H3/b22-17+. The summed E-state index contributed by atoms with van der Waals surface area (Å²) in [5.41, 5.74) is 1.56. The van der Waals surface area contributed by atoms with Crippen LogP contribution in [0.1, 0.15) is 16.7 Å². The van der Waals surface area contributed by atoms with E-state index < -0.39 is 5.72 Å². The summed E-state index contributed by atoms with van der Waals surface area (Å²) in [7, 11) is 1.48. The maximum Gasteiger partial charge on any atom is 0.287 e. The number of halogens is 1. The third-order valence-electron chi connectivity index (χ3n) is 5.04. The first-order valence-electron chi connectivity index (χ1n) is 9.63. The topological polar surface area (TPSA) is 41.9 Å². The molecule has 0 fully saturated rings. The number of hydrogen-bond donors (Lipinski definition) is 0. The molecule has 4 nitrogen and oxygen atoms in total. The number of hydrogen-bond acceptors (Lipinski definition) is 3. The average molecular weight is 417 g/mol. The predicted molar refractivity (Wildman–Crippen MR) is 120 cm³/mol. The zero-order valence-electron chi connectivity index (χ0n) is 16.5. The second kappa shape index (κ2) is 8.66. The highest BCUT2D eigenvalue weighted by Crippen LogP contribution is 2.37. The molecule has 0 spiro atoms. The van der Waals surface area contributed by atoms with Crippen molar-refractivity contribution in [3.05, 3.63) is 113 Å². The first-order chi connectivity index (χ1) is 14.6. The van der Waals surface area contributed by atoms with Crippen molar-refractivity contribution in [2.45, 2.75) is 12.3 Å². The third-order valence-corrected chi connectivity index (χ3v) is 5.32. The van der Waals surface area contributed by atoms with Crippen molar-refractivity contribution in [1.82, 2.24) is 4.90 Å². The Morgan fingerprint density at radius 3 is 2.10 bits per heavy atom. The highest BCUT2D eigenvalue weighted by molar-refractivity contribution is 6.70. The molecule has 1 aliphatic heterocycles. The lowest BCUT2D eigenvalue weighted by molar-refractivity contribution is -0.154. The molecule has 3 aromatic carbocycles. The SMILES string of the molecule is COC1(c2ccccc2)N=C(Cl)/C(=C\c2ccccc2)N(Cc2ccccc2)C1=O. The Bertz CT molecular complexity index is 1080. The van der Waals surface area contributed by atoms with Crippen LogP contribution in [0.2, 0.25) is 0 Å². The Labute approximate surface area is 181 Å². The summed E-state index contributed by atoms with van der Waals surface area (Å²) >= 11 is 6.68. The molecule has 1 aliphatic rings. The molecule has 4 rings (SSSR count). The van der Waals surface area contributed by atoms with E-state index in [4.69, 9.17) is 16.3 Å². The molecule has 1 atom stereocenters. The van der Waals surface area contributed by atoms with Crippen molar-refractivity contribution < 1.29 is 9.53 Å². The number of allylic oxidation sites excluding steroid dienone is 1. The fourth-order valence-electron chi connectivity index (χ4n) is 3.52. The summed E-state index contributed by atoms with van der Waals surface area (Å²) in [5.74, 6) is -0.286. The minimum absolute atomic E-state index is 0.222. The second-order valence-corrected chi connectivity index (χ2v) is 7.29. The first-order valence-corrected chi connectivity index (χ1v) is 10.0. The molecule has 0 radical (unpaired) electrons. The predicted octanol–water partition coefficient (Wildman–Crippen LogP) is 5.21. The maximum atomic E-state index is 13.8. The summed E-state index contributed by atoms with van der Waals surface area (Å²) in [5, 5.41) is 0.222. The fourth-order valence-corrected chi connectivity index (χ4v) is 3.79. The number of nitrogens with zero attached hydrogens (tertiary/aromatic N) is 2. The van der Waals surface area contributed by atoms with Crippen molar-refractivity contribution >= 4 is 28.8 Å². The summed E-state index contributed by atoms with van der Waals surface area (Å²) in [6, 6.07) is 28.7. The molecule has 1 unspecified atom stereocenters. The van der Waals surface area contributed by atoms with Crippen LogP contribution in [0.4, 0.5) is 0 Å². The highest BCUT2D eigenvalue weighted by Gasteiger charge is 2.48. The van der Waals surface area contributed by atoms with Gasteiger partial charge in [-0.1, -0.05) is 103 Å². The Hall–Kier alpha value is -3.21. The van der Waals surface area contributed by atoms with Crippen molar-refractivity contribution in [2.75, 3.05) is 7.11 Å². The van der Waals surface area contributed by atoms with Gasteiger partial charge in [0.25, 0.3) is 11.6 Å². The maximum absolute atomic E-state index is 13.8. The van der Waals surface area contributed by atoms with Crippen LogP contribution in [0.15, 0.2) is 102 Å². The van der Waals surface area contributed by atoms with E-state index in [9.17, 15) is 4.79 Å².